The van der Waals surface area contributed by atoms with Gasteiger partial charge in [-0.25, -0.2) is 0 Å². The van der Waals surface area contributed by atoms with Gasteiger partial charge in [-0.15, -0.1) is 0 Å². The number of hydrogen-bond donors (Lipinski definition) is 0. The van der Waals surface area contributed by atoms with Crippen LogP contribution in [0, 0.1) is 0 Å². The summed E-state index contributed by atoms with van der Waals surface area (Å²) in [4.78, 5) is 1.32. The van der Waals surface area contributed by atoms with Crippen LogP contribution in [0.5, 0.6) is 0 Å². The van der Waals surface area contributed by atoms with Crippen molar-refractivity contribution in [3.05, 3.63) is 71.6 Å². The Morgan fingerprint density at radius 2 is 1.65 bits per heavy atom. The Hall–Kier alpha value is -0.680. The van der Waals surface area contributed by atoms with E-state index in [1.807, 2.05) is 11.8 Å². The van der Waals surface area contributed by atoms with Gasteiger partial charge >= 0.3 is 137 Å². The molecule has 0 atom stereocenters. The van der Waals surface area contributed by atoms with Gasteiger partial charge in [-0.2, -0.15) is 0 Å². The van der Waals surface area contributed by atoms with Gasteiger partial charge < -0.3 is 0 Å². The SMILES string of the molecule is CCCC[Te]/C(=C/Sc1ccccc1)c1ccccc1. The second-order valence-corrected chi connectivity index (χ2v) is 8.67. The second-order valence-electron chi connectivity index (χ2n) is 4.48. The molecule has 0 nitrogen and oxygen atoms in total. The van der Waals surface area contributed by atoms with E-state index >= 15 is 0 Å². The van der Waals surface area contributed by atoms with Gasteiger partial charge in [0, 0.05) is 0 Å². The van der Waals surface area contributed by atoms with E-state index in [-0.39, 0.29) is 20.9 Å². The zero-order chi connectivity index (χ0) is 14.0. The van der Waals surface area contributed by atoms with Crippen LogP contribution in [0.15, 0.2) is 71.0 Å². The van der Waals surface area contributed by atoms with Crippen molar-refractivity contribution < 1.29 is 0 Å². The van der Waals surface area contributed by atoms with Gasteiger partial charge in [-0.3, -0.25) is 0 Å². The fourth-order valence-corrected chi connectivity index (χ4v) is 6.22. The minimum atomic E-state index is -0.0748. The number of benzene rings is 2. The van der Waals surface area contributed by atoms with Crippen molar-refractivity contribution in [1.82, 2.24) is 0 Å². The average Bonchev–Trinajstić information content (AvgIpc) is 2.52. The van der Waals surface area contributed by atoms with Crippen LogP contribution in [0.1, 0.15) is 25.3 Å². The van der Waals surface area contributed by atoms with Crippen LogP contribution >= 0.6 is 11.8 Å². The standard InChI is InChI=1S/C18H20STe/c1-2-3-14-20-18(16-10-6-4-7-11-16)15-19-17-12-8-5-9-13-17/h4-13,15H,2-3,14H2,1H3/b18-15+. The summed E-state index contributed by atoms with van der Waals surface area (Å²) in [6.45, 7) is 2.28. The number of thioether (sulfide) groups is 1. The molecular weight excluding hydrogens is 376 g/mol. The van der Waals surface area contributed by atoms with E-state index in [0.29, 0.717) is 0 Å². The molecule has 0 heterocycles. The van der Waals surface area contributed by atoms with Crippen LogP contribution in [-0.4, -0.2) is 20.9 Å². The van der Waals surface area contributed by atoms with Crippen molar-refractivity contribution in [1.29, 1.82) is 0 Å². The zero-order valence-electron chi connectivity index (χ0n) is 11.8. The zero-order valence-corrected chi connectivity index (χ0v) is 14.9. The molecule has 0 aliphatic carbocycles. The first-order chi connectivity index (χ1) is 9.90. The quantitative estimate of drug-likeness (QED) is 0.329. The monoisotopic (exact) mass is 398 g/mol. The third kappa shape index (κ3) is 5.37. The predicted molar refractivity (Wildman–Crippen MR) is 92.2 cm³/mol. The second kappa shape index (κ2) is 9.29. The summed E-state index contributed by atoms with van der Waals surface area (Å²) in [5.41, 5.74) is 1.41. The molecule has 0 saturated carbocycles. The molecule has 0 amide bonds. The molecule has 0 aliphatic heterocycles. The third-order valence-electron chi connectivity index (χ3n) is 2.86. The van der Waals surface area contributed by atoms with Gasteiger partial charge in [-0.1, -0.05) is 0 Å². The van der Waals surface area contributed by atoms with E-state index in [0.717, 1.165) is 0 Å². The molecule has 0 bridgehead atoms. The molecule has 104 valence electrons. The molecule has 0 N–H and O–H groups in total. The Balaban J connectivity index is 2.09. The van der Waals surface area contributed by atoms with Gasteiger partial charge in [0.1, 0.15) is 0 Å². The fourth-order valence-electron chi connectivity index (χ4n) is 1.73. The van der Waals surface area contributed by atoms with Crippen LogP contribution in [0.2, 0.25) is 4.47 Å². The molecule has 0 spiro atoms. The van der Waals surface area contributed by atoms with E-state index in [2.05, 4.69) is 73.0 Å². The van der Waals surface area contributed by atoms with Gasteiger partial charge in [0.25, 0.3) is 0 Å². The molecule has 0 radical (unpaired) electrons. The molecule has 0 aliphatic rings. The first-order valence-electron chi connectivity index (χ1n) is 7.00. The van der Waals surface area contributed by atoms with Crippen LogP contribution in [-0.2, 0) is 0 Å². The first-order valence-corrected chi connectivity index (χ1v) is 10.7. The first kappa shape index (κ1) is 15.7. The van der Waals surface area contributed by atoms with E-state index in [4.69, 9.17) is 0 Å². The fraction of sp³-hybridized carbons (Fsp3) is 0.222. The molecule has 0 aromatic heterocycles. The van der Waals surface area contributed by atoms with E-state index in [1.165, 1.54) is 27.8 Å². The summed E-state index contributed by atoms with van der Waals surface area (Å²) in [5, 5.41) is 2.38. The van der Waals surface area contributed by atoms with Crippen molar-refractivity contribution in [3.8, 4) is 0 Å². The summed E-state index contributed by atoms with van der Waals surface area (Å²) in [5.74, 6) is 0. The van der Waals surface area contributed by atoms with Gasteiger partial charge in [0.15, 0.2) is 0 Å². The average molecular weight is 396 g/mol. The summed E-state index contributed by atoms with van der Waals surface area (Å²) < 4.78 is 2.98. The molecule has 2 rings (SSSR count). The van der Waals surface area contributed by atoms with E-state index in [9.17, 15) is 0 Å². The maximum atomic E-state index is 2.38. The van der Waals surface area contributed by atoms with Crippen LogP contribution in [0.3, 0.4) is 0 Å². The molecule has 2 heteroatoms. The Morgan fingerprint density at radius 3 is 2.30 bits per heavy atom. The van der Waals surface area contributed by atoms with Crippen LogP contribution in [0.4, 0.5) is 0 Å². The minimum absolute atomic E-state index is 0.0748. The maximum absolute atomic E-state index is 2.38. The third-order valence-corrected chi connectivity index (χ3v) is 7.53. The Bertz CT molecular complexity index is 520. The Morgan fingerprint density at radius 1 is 1.00 bits per heavy atom. The van der Waals surface area contributed by atoms with Gasteiger partial charge in [0.2, 0.25) is 0 Å². The Kier molecular flexibility index (Phi) is 7.30. The number of unbranched alkanes of at least 4 members (excludes halogenated alkanes) is 1. The van der Waals surface area contributed by atoms with Crippen molar-refractivity contribution in [3.63, 3.8) is 0 Å². The summed E-state index contributed by atoms with van der Waals surface area (Å²) in [6, 6.07) is 21.5. The molecule has 0 fully saturated rings. The Labute approximate surface area is 136 Å². The molecule has 20 heavy (non-hydrogen) atoms. The molecule has 0 saturated heterocycles. The molecule has 2 aromatic carbocycles. The van der Waals surface area contributed by atoms with Crippen LogP contribution in [0.25, 0.3) is 3.62 Å². The normalized spacial score (nSPS) is 11.6. The van der Waals surface area contributed by atoms with Gasteiger partial charge in [0.05, 0.1) is 0 Å². The molecular formula is C18H20STe. The van der Waals surface area contributed by atoms with Crippen molar-refractivity contribution in [2.75, 3.05) is 0 Å². The summed E-state index contributed by atoms with van der Waals surface area (Å²) in [7, 11) is 0. The number of rotatable bonds is 7. The number of hydrogen-bond acceptors (Lipinski definition) is 1. The molecule has 0 unspecified atom stereocenters. The molecule has 2 aromatic rings. The van der Waals surface area contributed by atoms with Crippen molar-refractivity contribution in [2.24, 2.45) is 0 Å². The summed E-state index contributed by atoms with van der Waals surface area (Å²) in [6.07, 6.45) is 2.67. The predicted octanol–water partition coefficient (Wildman–Crippen LogP) is 5.70. The summed E-state index contributed by atoms with van der Waals surface area (Å²) >= 11 is 1.78. The van der Waals surface area contributed by atoms with Crippen molar-refractivity contribution >= 4 is 36.3 Å². The van der Waals surface area contributed by atoms with Crippen LogP contribution < -0.4 is 0 Å². The van der Waals surface area contributed by atoms with E-state index in [1.54, 1.807) is 3.62 Å². The van der Waals surface area contributed by atoms with Gasteiger partial charge in [-0.05, 0) is 0 Å². The van der Waals surface area contributed by atoms with Crippen molar-refractivity contribution in [2.45, 2.75) is 29.1 Å². The topological polar surface area (TPSA) is 0 Å². The van der Waals surface area contributed by atoms with E-state index < -0.39 is 0 Å².